The van der Waals surface area contributed by atoms with E-state index >= 15 is 0 Å². The zero-order chi connectivity index (χ0) is 14.7. The van der Waals surface area contributed by atoms with Crippen LogP contribution in [0.3, 0.4) is 0 Å². The Labute approximate surface area is 124 Å². The lowest BCUT2D eigenvalue weighted by Gasteiger charge is -2.20. The number of hydrogen-bond acceptors (Lipinski definition) is 4. The second kappa shape index (κ2) is 6.14. The summed E-state index contributed by atoms with van der Waals surface area (Å²) in [5.41, 5.74) is 0.774. The van der Waals surface area contributed by atoms with Crippen molar-refractivity contribution >= 4 is 17.0 Å². The first kappa shape index (κ1) is 13.9. The van der Waals surface area contributed by atoms with Crippen molar-refractivity contribution in [2.75, 3.05) is 20.3 Å². The van der Waals surface area contributed by atoms with Gasteiger partial charge >= 0.3 is 0 Å². The fourth-order valence-corrected chi connectivity index (χ4v) is 2.89. The highest BCUT2D eigenvalue weighted by Gasteiger charge is 2.22. The Hall–Kier alpha value is -2.07. The molecule has 1 atom stereocenters. The van der Waals surface area contributed by atoms with Gasteiger partial charge in [0.1, 0.15) is 5.75 Å². The van der Waals surface area contributed by atoms with E-state index in [0.29, 0.717) is 12.6 Å². The molecule has 4 heteroatoms. The molecule has 2 aromatic rings. The lowest BCUT2D eigenvalue weighted by molar-refractivity contribution is 0.118. The van der Waals surface area contributed by atoms with Crippen molar-refractivity contribution in [1.82, 2.24) is 5.01 Å². The number of fused-ring (bicyclic) bond motifs is 1. The average Bonchev–Trinajstić information content (AvgIpc) is 2.94. The molecule has 1 heterocycles. The van der Waals surface area contributed by atoms with E-state index in [2.05, 4.69) is 10.1 Å². The van der Waals surface area contributed by atoms with E-state index in [4.69, 9.17) is 4.74 Å². The van der Waals surface area contributed by atoms with Crippen LogP contribution in [0.1, 0.15) is 18.4 Å². The number of hydrogen-bond donors (Lipinski definition) is 1. The molecule has 0 amide bonds. The van der Waals surface area contributed by atoms with E-state index in [1.807, 2.05) is 30.3 Å². The van der Waals surface area contributed by atoms with E-state index in [9.17, 15) is 5.11 Å². The third-order valence-corrected chi connectivity index (χ3v) is 3.99. The predicted molar refractivity (Wildman–Crippen MR) is 84.8 cm³/mol. The molecule has 0 aromatic heterocycles. The second-order valence-electron chi connectivity index (χ2n) is 5.38. The zero-order valence-electron chi connectivity index (χ0n) is 12.2. The van der Waals surface area contributed by atoms with Crippen LogP contribution in [0.25, 0.3) is 10.8 Å². The summed E-state index contributed by atoms with van der Waals surface area (Å²) >= 11 is 0. The molecule has 4 nitrogen and oxygen atoms in total. The highest BCUT2D eigenvalue weighted by atomic mass is 16.5. The van der Waals surface area contributed by atoms with Crippen LogP contribution < -0.4 is 0 Å². The van der Waals surface area contributed by atoms with Crippen molar-refractivity contribution in [3.8, 4) is 5.75 Å². The summed E-state index contributed by atoms with van der Waals surface area (Å²) in [5, 5.41) is 18.9. The monoisotopic (exact) mass is 284 g/mol. The smallest absolute Gasteiger partial charge is 0.125 e. The lowest BCUT2D eigenvalue weighted by Crippen LogP contribution is -2.28. The van der Waals surface area contributed by atoms with Crippen LogP contribution in [0.4, 0.5) is 0 Å². The molecule has 1 N–H and O–H groups in total. The van der Waals surface area contributed by atoms with Crippen LogP contribution in [0.5, 0.6) is 5.75 Å². The van der Waals surface area contributed by atoms with Crippen molar-refractivity contribution < 1.29 is 9.84 Å². The van der Waals surface area contributed by atoms with Crippen molar-refractivity contribution in [2.24, 2.45) is 5.10 Å². The van der Waals surface area contributed by atoms with Crippen LogP contribution in [0.2, 0.25) is 0 Å². The maximum absolute atomic E-state index is 10.1. The Balaban J connectivity index is 1.90. The maximum atomic E-state index is 10.1. The van der Waals surface area contributed by atoms with Gasteiger partial charge in [0.2, 0.25) is 0 Å². The van der Waals surface area contributed by atoms with Gasteiger partial charge in [0.25, 0.3) is 0 Å². The third kappa shape index (κ3) is 2.85. The number of phenolic OH excluding ortho intramolecular Hbond substituents is 1. The highest BCUT2D eigenvalue weighted by molar-refractivity contribution is 6.02. The first-order valence-electron chi connectivity index (χ1n) is 7.30. The zero-order valence-corrected chi connectivity index (χ0v) is 12.2. The lowest BCUT2D eigenvalue weighted by atomic mass is 10.0. The minimum Gasteiger partial charge on any atom is -0.507 e. The molecule has 0 spiro atoms. The van der Waals surface area contributed by atoms with Gasteiger partial charge in [-0.05, 0) is 29.7 Å². The Kier molecular flexibility index (Phi) is 4.06. The van der Waals surface area contributed by atoms with Gasteiger partial charge < -0.3 is 9.84 Å². The van der Waals surface area contributed by atoms with Gasteiger partial charge in [-0.1, -0.05) is 30.3 Å². The summed E-state index contributed by atoms with van der Waals surface area (Å²) in [5.74, 6) is 0.264. The van der Waals surface area contributed by atoms with Crippen LogP contribution in [-0.4, -0.2) is 42.6 Å². The number of aromatic hydroxyl groups is 1. The number of methoxy groups -OCH3 is 1. The van der Waals surface area contributed by atoms with Crippen molar-refractivity contribution in [1.29, 1.82) is 0 Å². The maximum Gasteiger partial charge on any atom is 0.125 e. The normalized spacial score (nSPS) is 18.9. The first-order chi connectivity index (χ1) is 10.3. The number of ether oxygens (including phenoxy) is 1. The SMILES string of the molecule is COC[C@@H]1CCCN1/N=C/c1c(O)ccc2ccccc12. The van der Waals surface area contributed by atoms with Gasteiger partial charge in [-0.25, -0.2) is 0 Å². The van der Waals surface area contributed by atoms with Crippen molar-refractivity contribution in [2.45, 2.75) is 18.9 Å². The summed E-state index contributed by atoms with van der Waals surface area (Å²) in [6, 6.07) is 12.0. The Morgan fingerprint density at radius 3 is 3.05 bits per heavy atom. The summed E-state index contributed by atoms with van der Waals surface area (Å²) < 4.78 is 5.24. The minimum absolute atomic E-state index is 0.264. The number of hydrazone groups is 1. The van der Waals surface area contributed by atoms with Crippen LogP contribution in [0.15, 0.2) is 41.5 Å². The Morgan fingerprint density at radius 2 is 2.19 bits per heavy atom. The van der Waals surface area contributed by atoms with Gasteiger partial charge in [0.05, 0.1) is 18.9 Å². The van der Waals surface area contributed by atoms with Crippen molar-refractivity contribution in [3.05, 3.63) is 42.0 Å². The molecule has 110 valence electrons. The number of benzene rings is 2. The molecule has 0 bridgehead atoms. The standard InChI is InChI=1S/C17H20N2O2/c1-21-12-14-6-4-10-19(14)18-11-16-15-7-3-2-5-13(15)8-9-17(16)20/h2-3,5,7-9,11,14,20H,4,6,10,12H2,1H3/b18-11+/t14-/m0/s1. The van der Waals surface area contributed by atoms with Crippen LogP contribution >= 0.6 is 0 Å². The Morgan fingerprint density at radius 1 is 1.33 bits per heavy atom. The summed E-state index contributed by atoms with van der Waals surface area (Å²) in [7, 11) is 1.72. The summed E-state index contributed by atoms with van der Waals surface area (Å²) in [6.07, 6.45) is 4.01. The molecule has 0 radical (unpaired) electrons. The quantitative estimate of drug-likeness (QED) is 0.878. The van der Waals surface area contributed by atoms with Gasteiger partial charge in [0, 0.05) is 19.2 Å². The molecule has 3 rings (SSSR count). The molecule has 1 saturated heterocycles. The fourth-order valence-electron chi connectivity index (χ4n) is 2.89. The molecular formula is C17H20N2O2. The minimum atomic E-state index is 0.264. The van der Waals surface area contributed by atoms with E-state index in [1.54, 1.807) is 19.4 Å². The van der Waals surface area contributed by atoms with Crippen LogP contribution in [0, 0.1) is 0 Å². The summed E-state index contributed by atoms with van der Waals surface area (Å²) in [4.78, 5) is 0. The largest absolute Gasteiger partial charge is 0.507 e. The topological polar surface area (TPSA) is 45.1 Å². The van der Waals surface area contributed by atoms with E-state index < -0.39 is 0 Å². The molecule has 2 aromatic carbocycles. The number of rotatable bonds is 4. The Bertz CT molecular complexity index is 654. The number of phenols is 1. The van der Waals surface area contributed by atoms with Gasteiger partial charge in [-0.3, -0.25) is 5.01 Å². The van der Waals surface area contributed by atoms with E-state index in [-0.39, 0.29) is 5.75 Å². The van der Waals surface area contributed by atoms with Crippen molar-refractivity contribution in [3.63, 3.8) is 0 Å². The molecule has 1 aliphatic rings. The molecule has 0 aliphatic carbocycles. The molecule has 0 unspecified atom stereocenters. The fraction of sp³-hybridized carbons (Fsp3) is 0.353. The molecular weight excluding hydrogens is 264 g/mol. The summed E-state index contributed by atoms with van der Waals surface area (Å²) in [6.45, 7) is 1.63. The molecule has 21 heavy (non-hydrogen) atoms. The third-order valence-electron chi connectivity index (χ3n) is 3.99. The molecule has 1 fully saturated rings. The second-order valence-corrected chi connectivity index (χ2v) is 5.38. The first-order valence-corrected chi connectivity index (χ1v) is 7.30. The van der Waals surface area contributed by atoms with E-state index in [1.165, 1.54) is 0 Å². The van der Waals surface area contributed by atoms with E-state index in [0.717, 1.165) is 35.7 Å². The van der Waals surface area contributed by atoms with Gasteiger partial charge in [0.15, 0.2) is 0 Å². The molecule has 1 aliphatic heterocycles. The number of nitrogens with zero attached hydrogens (tertiary/aromatic N) is 2. The van der Waals surface area contributed by atoms with Gasteiger partial charge in [-0.15, -0.1) is 0 Å². The van der Waals surface area contributed by atoms with Crippen LogP contribution in [-0.2, 0) is 4.74 Å². The average molecular weight is 284 g/mol. The highest BCUT2D eigenvalue weighted by Crippen LogP contribution is 2.26. The predicted octanol–water partition coefficient (Wildman–Crippen LogP) is 2.99. The molecule has 0 saturated carbocycles. The van der Waals surface area contributed by atoms with Gasteiger partial charge in [-0.2, -0.15) is 5.10 Å².